The van der Waals surface area contributed by atoms with Crippen LogP contribution in [0.25, 0.3) is 5.69 Å². The lowest BCUT2D eigenvalue weighted by Crippen LogP contribution is -2.53. The van der Waals surface area contributed by atoms with Crippen molar-refractivity contribution in [1.29, 1.82) is 0 Å². The lowest BCUT2D eigenvalue weighted by Gasteiger charge is -2.28. The van der Waals surface area contributed by atoms with Crippen LogP contribution in [0.1, 0.15) is 43.1 Å². The number of hydrogen-bond donors (Lipinski definition) is 2. The number of nitrogens with zero attached hydrogens (tertiary/aromatic N) is 3. The summed E-state index contributed by atoms with van der Waals surface area (Å²) < 4.78 is 1.54. The van der Waals surface area contributed by atoms with Crippen LogP contribution in [0.3, 0.4) is 0 Å². The highest BCUT2D eigenvalue weighted by Crippen LogP contribution is 2.39. The number of rotatable bonds is 6. The smallest absolute Gasteiger partial charge is 0.291 e. The molecule has 1 heterocycles. The van der Waals surface area contributed by atoms with Crippen molar-refractivity contribution in [3.63, 3.8) is 0 Å². The highest BCUT2D eigenvalue weighted by Gasteiger charge is 2.42. The number of aryl methyl sites for hydroxylation is 1. The molecule has 0 aliphatic heterocycles. The van der Waals surface area contributed by atoms with Crippen molar-refractivity contribution >= 4 is 41.5 Å². The molecular weight excluding hydrogens is 397 g/mol. The van der Waals surface area contributed by atoms with Gasteiger partial charge in [0.1, 0.15) is 11.5 Å². The van der Waals surface area contributed by atoms with Gasteiger partial charge in [-0.15, -0.1) is 17.5 Å². The molecule has 142 valence electrons. The second-order valence-corrected chi connectivity index (χ2v) is 7.35. The monoisotopic (exact) mass is 417 g/mol. The number of halogens is 3. The van der Waals surface area contributed by atoms with Gasteiger partial charge in [0, 0.05) is 13.0 Å². The Morgan fingerprint density at radius 2 is 2.00 bits per heavy atom. The first-order chi connectivity index (χ1) is 11.9. The third kappa shape index (κ3) is 3.98. The normalized spacial score (nSPS) is 15.9. The number of aromatic nitrogens is 3. The van der Waals surface area contributed by atoms with Crippen LogP contribution in [-0.4, -0.2) is 32.8 Å². The van der Waals surface area contributed by atoms with Crippen molar-refractivity contribution in [3.05, 3.63) is 39.9 Å². The van der Waals surface area contributed by atoms with Crippen LogP contribution >= 0.6 is 35.6 Å². The Bertz CT molecular complexity index is 785. The molecule has 3 N–H and O–H groups in total. The minimum absolute atomic E-state index is 0. The zero-order chi connectivity index (χ0) is 18.2. The number of hydrogen-bond acceptors (Lipinski definition) is 4. The Hall–Kier alpha value is -1.34. The van der Waals surface area contributed by atoms with E-state index in [0.29, 0.717) is 40.4 Å². The first-order valence-electron chi connectivity index (χ1n) is 8.32. The lowest BCUT2D eigenvalue weighted by molar-refractivity contribution is 0.0887. The van der Waals surface area contributed by atoms with E-state index < -0.39 is 5.54 Å². The molecule has 2 aromatic rings. The molecule has 0 saturated heterocycles. The molecule has 3 rings (SSSR count). The van der Waals surface area contributed by atoms with Gasteiger partial charge in [-0.05, 0) is 37.8 Å². The van der Waals surface area contributed by atoms with Gasteiger partial charge < -0.3 is 11.1 Å². The van der Waals surface area contributed by atoms with Gasteiger partial charge in [-0.2, -0.15) is 0 Å². The summed E-state index contributed by atoms with van der Waals surface area (Å²) in [4.78, 5) is 17.0. The zero-order valence-corrected chi connectivity index (χ0v) is 17.0. The molecule has 1 atom stereocenters. The van der Waals surface area contributed by atoms with Crippen molar-refractivity contribution in [1.82, 2.24) is 20.1 Å². The Labute approximate surface area is 168 Å². The van der Waals surface area contributed by atoms with Crippen LogP contribution in [0.5, 0.6) is 0 Å². The average Bonchev–Trinajstić information content (AvgIpc) is 3.36. The largest absolute Gasteiger partial charge is 0.343 e. The van der Waals surface area contributed by atoms with Crippen LogP contribution in [0.4, 0.5) is 0 Å². The predicted octanol–water partition coefficient (Wildman–Crippen LogP) is 3.42. The van der Waals surface area contributed by atoms with Gasteiger partial charge in [-0.1, -0.05) is 36.2 Å². The molecule has 1 fully saturated rings. The average molecular weight is 419 g/mol. The van der Waals surface area contributed by atoms with Crippen molar-refractivity contribution in [2.75, 3.05) is 6.54 Å². The SMILES string of the molecule is CCc1nc(C(=O)NC(C)(CN)C2CC2)nn1-c1c(Cl)cccc1Cl.Cl. The van der Waals surface area contributed by atoms with Gasteiger partial charge in [-0.25, -0.2) is 9.67 Å². The first kappa shape index (κ1) is 21.0. The molecule has 1 aliphatic carbocycles. The second-order valence-electron chi connectivity index (χ2n) is 6.54. The fourth-order valence-corrected chi connectivity index (χ4v) is 3.45. The third-order valence-electron chi connectivity index (χ3n) is 4.64. The molecule has 1 aliphatic rings. The molecule has 1 aromatic carbocycles. The summed E-state index contributed by atoms with van der Waals surface area (Å²) in [5, 5.41) is 8.25. The minimum Gasteiger partial charge on any atom is -0.343 e. The fraction of sp³-hybridized carbons (Fsp3) is 0.471. The van der Waals surface area contributed by atoms with Crippen molar-refractivity contribution in [2.24, 2.45) is 11.7 Å². The molecule has 0 spiro atoms. The van der Waals surface area contributed by atoms with E-state index in [1.165, 1.54) is 4.68 Å². The maximum absolute atomic E-state index is 12.7. The quantitative estimate of drug-likeness (QED) is 0.752. The molecule has 9 heteroatoms. The summed E-state index contributed by atoms with van der Waals surface area (Å²) in [6, 6.07) is 5.21. The summed E-state index contributed by atoms with van der Waals surface area (Å²) in [6.07, 6.45) is 2.73. The molecule has 26 heavy (non-hydrogen) atoms. The summed E-state index contributed by atoms with van der Waals surface area (Å²) in [5.74, 6) is 0.776. The molecule has 1 saturated carbocycles. The number of carbonyl (C=O) groups is 1. The number of carbonyl (C=O) groups excluding carboxylic acids is 1. The third-order valence-corrected chi connectivity index (χ3v) is 5.25. The van der Waals surface area contributed by atoms with Crippen molar-refractivity contribution in [3.8, 4) is 5.69 Å². The van der Waals surface area contributed by atoms with Crippen LogP contribution in [0.2, 0.25) is 10.0 Å². The van der Waals surface area contributed by atoms with Crippen LogP contribution in [0, 0.1) is 5.92 Å². The summed E-state index contributed by atoms with van der Waals surface area (Å²) in [6.45, 7) is 4.27. The molecule has 0 bridgehead atoms. The van der Waals surface area contributed by atoms with E-state index in [9.17, 15) is 4.79 Å². The van der Waals surface area contributed by atoms with E-state index in [4.69, 9.17) is 28.9 Å². The highest BCUT2D eigenvalue weighted by atomic mass is 35.5. The fourth-order valence-electron chi connectivity index (χ4n) is 2.90. The van der Waals surface area contributed by atoms with Gasteiger partial charge in [-0.3, -0.25) is 4.79 Å². The van der Waals surface area contributed by atoms with E-state index in [1.54, 1.807) is 18.2 Å². The molecule has 1 unspecified atom stereocenters. The lowest BCUT2D eigenvalue weighted by atomic mass is 9.96. The van der Waals surface area contributed by atoms with Crippen LogP contribution < -0.4 is 11.1 Å². The Morgan fingerprint density at radius 1 is 1.38 bits per heavy atom. The first-order valence-corrected chi connectivity index (χ1v) is 9.08. The van der Waals surface area contributed by atoms with Gasteiger partial charge in [0.05, 0.1) is 15.6 Å². The van der Waals surface area contributed by atoms with E-state index in [1.807, 2.05) is 13.8 Å². The number of para-hydroxylation sites is 1. The standard InChI is InChI=1S/C17H21Cl2N5O.ClH/c1-3-13-21-15(16(25)22-17(2,9-20)10-7-8-10)23-24(13)14-11(18)5-4-6-12(14)19;/h4-6,10H,3,7-9,20H2,1-2H3,(H,22,25);1H. The number of nitrogens with one attached hydrogen (secondary N) is 1. The second kappa shape index (κ2) is 8.13. The number of amides is 1. The molecule has 1 aromatic heterocycles. The topological polar surface area (TPSA) is 85.8 Å². The summed E-state index contributed by atoms with van der Waals surface area (Å²) in [5.41, 5.74) is 5.96. The number of benzene rings is 1. The van der Waals surface area contributed by atoms with Gasteiger partial charge in [0.25, 0.3) is 5.91 Å². The molecule has 1 amide bonds. The van der Waals surface area contributed by atoms with E-state index in [2.05, 4.69) is 15.4 Å². The molecular formula is C17H22Cl3N5O. The van der Waals surface area contributed by atoms with Crippen molar-refractivity contribution < 1.29 is 4.79 Å². The van der Waals surface area contributed by atoms with Gasteiger partial charge >= 0.3 is 0 Å². The zero-order valence-electron chi connectivity index (χ0n) is 14.6. The minimum atomic E-state index is -0.434. The van der Waals surface area contributed by atoms with E-state index >= 15 is 0 Å². The Morgan fingerprint density at radius 3 is 2.50 bits per heavy atom. The van der Waals surface area contributed by atoms with Crippen LogP contribution in [-0.2, 0) is 6.42 Å². The molecule has 6 nitrogen and oxygen atoms in total. The maximum Gasteiger partial charge on any atom is 0.291 e. The van der Waals surface area contributed by atoms with Gasteiger partial charge in [0.2, 0.25) is 5.82 Å². The van der Waals surface area contributed by atoms with E-state index in [-0.39, 0.29) is 24.1 Å². The van der Waals surface area contributed by atoms with Crippen LogP contribution in [0.15, 0.2) is 18.2 Å². The summed E-state index contributed by atoms with van der Waals surface area (Å²) in [7, 11) is 0. The maximum atomic E-state index is 12.7. The highest BCUT2D eigenvalue weighted by molar-refractivity contribution is 6.37. The predicted molar refractivity (Wildman–Crippen MR) is 106 cm³/mol. The summed E-state index contributed by atoms with van der Waals surface area (Å²) >= 11 is 12.5. The van der Waals surface area contributed by atoms with Crippen molar-refractivity contribution in [2.45, 2.75) is 38.6 Å². The molecule has 0 radical (unpaired) electrons. The Kier molecular flexibility index (Phi) is 6.55. The van der Waals surface area contributed by atoms with E-state index in [0.717, 1.165) is 12.8 Å². The Balaban J connectivity index is 0.00000243. The van der Waals surface area contributed by atoms with Gasteiger partial charge in [0.15, 0.2) is 0 Å². The number of nitrogens with two attached hydrogens (primary N) is 1.